The molecule has 5 aromatic rings. The Hall–Kier alpha value is -4.88. The maximum absolute atomic E-state index is 9.38. The van der Waals surface area contributed by atoms with Crippen LogP contribution in [0.2, 0.25) is 0 Å². The number of hydrogen-bond acceptors (Lipinski definition) is 4. The number of pyridine rings is 1. The van der Waals surface area contributed by atoms with Crippen LogP contribution in [0.5, 0.6) is 11.5 Å². The van der Waals surface area contributed by atoms with E-state index in [1.807, 2.05) is 60.7 Å². The standard InChI is InChI=1S/C30H19N3O/c31-20-26-25(9-6-18-32-26)22-16-14-21(15-17-22)23-7-5-8-24(19-23)33-27-10-1-3-12-29(27)34-30-13-4-2-11-28(30)33/h1-19H. The molecule has 0 radical (unpaired) electrons. The molecule has 34 heavy (non-hydrogen) atoms. The lowest BCUT2D eigenvalue weighted by Crippen LogP contribution is -2.15. The zero-order valence-electron chi connectivity index (χ0n) is 18.2. The SMILES string of the molecule is N#Cc1ncccc1-c1ccc(-c2cccc(N3c4ccccc4Oc4ccccc43)c2)cc1. The number of nitriles is 1. The third-order valence-corrected chi connectivity index (χ3v) is 5.98. The van der Waals surface area contributed by atoms with E-state index in [0.29, 0.717) is 5.69 Å². The molecule has 0 saturated heterocycles. The van der Waals surface area contributed by atoms with E-state index in [-0.39, 0.29) is 0 Å². The molecule has 160 valence electrons. The Labute approximate surface area is 198 Å². The van der Waals surface area contributed by atoms with Crippen LogP contribution >= 0.6 is 0 Å². The van der Waals surface area contributed by atoms with E-state index in [1.54, 1.807) is 6.20 Å². The van der Waals surface area contributed by atoms with Gasteiger partial charge in [0.25, 0.3) is 0 Å². The molecule has 0 unspecified atom stereocenters. The molecular weight excluding hydrogens is 418 g/mol. The van der Waals surface area contributed by atoms with Crippen molar-refractivity contribution in [2.75, 3.05) is 4.90 Å². The summed E-state index contributed by atoms with van der Waals surface area (Å²) in [5.41, 5.74) is 7.53. The summed E-state index contributed by atoms with van der Waals surface area (Å²) in [5.74, 6) is 1.67. The molecule has 0 bridgehead atoms. The fraction of sp³-hybridized carbons (Fsp3) is 0. The molecular formula is C30H19N3O. The van der Waals surface area contributed by atoms with Gasteiger partial charge in [-0.1, -0.05) is 60.7 Å². The number of ether oxygens (including phenoxy) is 1. The highest BCUT2D eigenvalue weighted by atomic mass is 16.5. The lowest BCUT2D eigenvalue weighted by atomic mass is 9.99. The summed E-state index contributed by atoms with van der Waals surface area (Å²) in [4.78, 5) is 6.41. The molecule has 0 N–H and O–H groups in total. The fourth-order valence-electron chi connectivity index (χ4n) is 4.38. The molecule has 1 aliphatic heterocycles. The second kappa shape index (κ2) is 8.23. The zero-order chi connectivity index (χ0) is 22.9. The first-order chi connectivity index (χ1) is 16.8. The van der Waals surface area contributed by atoms with Gasteiger partial charge in [0.15, 0.2) is 11.5 Å². The number of rotatable bonds is 3. The Morgan fingerprint density at radius 3 is 2.03 bits per heavy atom. The van der Waals surface area contributed by atoms with Gasteiger partial charge in [-0.3, -0.25) is 0 Å². The van der Waals surface area contributed by atoms with Crippen molar-refractivity contribution in [1.82, 2.24) is 4.98 Å². The number of benzene rings is 4. The molecule has 4 aromatic carbocycles. The molecule has 1 aromatic heterocycles. The summed E-state index contributed by atoms with van der Waals surface area (Å²) in [5, 5.41) is 9.38. The van der Waals surface area contributed by atoms with Crippen LogP contribution < -0.4 is 9.64 Å². The monoisotopic (exact) mass is 437 g/mol. The lowest BCUT2D eigenvalue weighted by Gasteiger charge is -2.33. The second-order valence-corrected chi connectivity index (χ2v) is 8.01. The second-order valence-electron chi connectivity index (χ2n) is 8.01. The van der Waals surface area contributed by atoms with Crippen LogP contribution in [0.25, 0.3) is 22.3 Å². The van der Waals surface area contributed by atoms with Gasteiger partial charge in [0.1, 0.15) is 11.8 Å². The minimum absolute atomic E-state index is 0.432. The molecule has 0 fully saturated rings. The number of aromatic nitrogens is 1. The van der Waals surface area contributed by atoms with E-state index in [2.05, 4.69) is 64.5 Å². The predicted octanol–water partition coefficient (Wildman–Crippen LogP) is 7.86. The highest BCUT2D eigenvalue weighted by Crippen LogP contribution is 2.50. The molecule has 0 spiro atoms. The minimum Gasteiger partial charge on any atom is -0.453 e. The lowest BCUT2D eigenvalue weighted by molar-refractivity contribution is 0.477. The Balaban J connectivity index is 1.41. The van der Waals surface area contributed by atoms with Gasteiger partial charge < -0.3 is 9.64 Å². The van der Waals surface area contributed by atoms with Crippen molar-refractivity contribution in [1.29, 1.82) is 5.26 Å². The largest absolute Gasteiger partial charge is 0.453 e. The van der Waals surface area contributed by atoms with Gasteiger partial charge in [-0.15, -0.1) is 0 Å². The molecule has 4 heteroatoms. The third-order valence-electron chi connectivity index (χ3n) is 5.98. The van der Waals surface area contributed by atoms with Gasteiger partial charge in [0.2, 0.25) is 0 Å². The summed E-state index contributed by atoms with van der Waals surface area (Å²) in [7, 11) is 0. The molecule has 0 atom stereocenters. The number of anilines is 3. The highest BCUT2D eigenvalue weighted by molar-refractivity contribution is 5.87. The van der Waals surface area contributed by atoms with E-state index in [9.17, 15) is 5.26 Å². The number of fused-ring (bicyclic) bond motifs is 2. The summed E-state index contributed by atoms with van der Waals surface area (Å²) >= 11 is 0. The Bertz CT molecular complexity index is 1500. The quantitative estimate of drug-likeness (QED) is 0.283. The van der Waals surface area contributed by atoms with Crippen molar-refractivity contribution in [3.05, 3.63) is 121 Å². The molecule has 0 aliphatic carbocycles. The van der Waals surface area contributed by atoms with Crippen LogP contribution in [0.4, 0.5) is 17.1 Å². The average molecular weight is 438 g/mol. The first-order valence-electron chi connectivity index (χ1n) is 11.0. The van der Waals surface area contributed by atoms with Crippen molar-refractivity contribution in [3.63, 3.8) is 0 Å². The van der Waals surface area contributed by atoms with Crippen LogP contribution in [0.1, 0.15) is 5.69 Å². The molecule has 4 nitrogen and oxygen atoms in total. The number of nitrogens with zero attached hydrogens (tertiary/aromatic N) is 3. The summed E-state index contributed by atoms with van der Waals surface area (Å²) in [6.07, 6.45) is 1.64. The molecule has 0 amide bonds. The minimum atomic E-state index is 0.432. The Morgan fingerprint density at radius 1 is 0.647 bits per heavy atom. The molecule has 0 saturated carbocycles. The fourth-order valence-corrected chi connectivity index (χ4v) is 4.38. The summed E-state index contributed by atoms with van der Waals surface area (Å²) in [6.45, 7) is 0. The van der Waals surface area contributed by atoms with E-state index in [4.69, 9.17) is 4.74 Å². The first kappa shape index (κ1) is 19.8. The van der Waals surface area contributed by atoms with Gasteiger partial charge >= 0.3 is 0 Å². The topological polar surface area (TPSA) is 49.2 Å². The van der Waals surface area contributed by atoms with Crippen molar-refractivity contribution in [2.24, 2.45) is 0 Å². The third kappa shape index (κ3) is 3.37. The van der Waals surface area contributed by atoms with Gasteiger partial charge in [-0.25, -0.2) is 4.98 Å². The van der Waals surface area contributed by atoms with Gasteiger partial charge in [-0.05, 0) is 65.2 Å². The normalized spacial score (nSPS) is 11.7. The smallest absolute Gasteiger partial charge is 0.151 e. The van der Waals surface area contributed by atoms with Crippen LogP contribution in [-0.4, -0.2) is 4.98 Å². The average Bonchev–Trinajstić information content (AvgIpc) is 2.92. The van der Waals surface area contributed by atoms with Crippen LogP contribution in [-0.2, 0) is 0 Å². The Morgan fingerprint density at radius 2 is 1.32 bits per heavy atom. The van der Waals surface area contributed by atoms with Crippen molar-refractivity contribution in [2.45, 2.75) is 0 Å². The molecule has 2 heterocycles. The summed E-state index contributed by atoms with van der Waals surface area (Å²) in [6, 6.07) is 38.9. The van der Waals surface area contributed by atoms with Crippen molar-refractivity contribution >= 4 is 17.1 Å². The van der Waals surface area contributed by atoms with Crippen LogP contribution in [0.15, 0.2) is 115 Å². The van der Waals surface area contributed by atoms with Crippen molar-refractivity contribution in [3.8, 4) is 39.8 Å². The zero-order valence-corrected chi connectivity index (χ0v) is 18.2. The molecule has 1 aliphatic rings. The first-order valence-corrected chi connectivity index (χ1v) is 11.0. The van der Waals surface area contributed by atoms with E-state index in [0.717, 1.165) is 50.8 Å². The number of hydrogen-bond donors (Lipinski definition) is 0. The van der Waals surface area contributed by atoms with Gasteiger partial charge in [-0.2, -0.15) is 5.26 Å². The van der Waals surface area contributed by atoms with Crippen LogP contribution in [0.3, 0.4) is 0 Å². The van der Waals surface area contributed by atoms with E-state index >= 15 is 0 Å². The van der Waals surface area contributed by atoms with E-state index < -0.39 is 0 Å². The number of para-hydroxylation sites is 4. The maximum atomic E-state index is 9.38. The van der Waals surface area contributed by atoms with Gasteiger partial charge in [0.05, 0.1) is 11.4 Å². The van der Waals surface area contributed by atoms with E-state index in [1.165, 1.54) is 0 Å². The maximum Gasteiger partial charge on any atom is 0.151 e. The highest BCUT2D eigenvalue weighted by Gasteiger charge is 2.25. The molecule has 6 rings (SSSR count). The van der Waals surface area contributed by atoms with Crippen molar-refractivity contribution < 1.29 is 4.74 Å². The Kier molecular flexibility index (Phi) is 4.79. The van der Waals surface area contributed by atoms with Crippen LogP contribution in [0, 0.1) is 11.3 Å². The summed E-state index contributed by atoms with van der Waals surface area (Å²) < 4.78 is 6.15. The predicted molar refractivity (Wildman–Crippen MR) is 135 cm³/mol. The van der Waals surface area contributed by atoms with Gasteiger partial charge in [0, 0.05) is 17.4 Å².